The Hall–Kier alpha value is -1.57. The second-order valence-corrected chi connectivity index (χ2v) is 10.0. The number of rotatable bonds is 5. The number of nitrogens with zero attached hydrogens (tertiary/aromatic N) is 3. The van der Waals surface area contributed by atoms with E-state index in [1.54, 1.807) is 6.20 Å². The van der Waals surface area contributed by atoms with Crippen LogP contribution in [-0.4, -0.2) is 48.3 Å². The van der Waals surface area contributed by atoms with Gasteiger partial charge in [-0.25, -0.2) is 13.4 Å². The van der Waals surface area contributed by atoms with Crippen LogP contribution in [0, 0.1) is 11.8 Å². The molecule has 3 rings (SSSR count). The molecule has 0 amide bonds. The minimum Gasteiger partial charge on any atom is -0.356 e. The van der Waals surface area contributed by atoms with Gasteiger partial charge in [-0.3, -0.25) is 4.68 Å². The van der Waals surface area contributed by atoms with Crippen LogP contribution in [0.3, 0.4) is 0 Å². The van der Waals surface area contributed by atoms with Gasteiger partial charge >= 0.3 is 0 Å². The molecule has 0 spiro atoms. The van der Waals surface area contributed by atoms with Crippen LogP contribution >= 0.6 is 0 Å². The summed E-state index contributed by atoms with van der Waals surface area (Å²) in [5.41, 5.74) is 1.05. The molecule has 7 nitrogen and oxygen atoms in total. The molecule has 1 saturated heterocycles. The summed E-state index contributed by atoms with van der Waals surface area (Å²) in [6.07, 6.45) is 7.47. The van der Waals surface area contributed by atoms with Gasteiger partial charge in [0.05, 0.1) is 23.7 Å². The van der Waals surface area contributed by atoms with Gasteiger partial charge in [-0.1, -0.05) is 19.8 Å². The van der Waals surface area contributed by atoms with E-state index in [-0.39, 0.29) is 11.7 Å². The standard InChI is InChI=1S/C18H31N5O2S/c1-14-5-3-4-6-17(14)22-18(20-12-16-7-9-21-23(16)2)19-11-15-8-10-26(24,25)13-15/h7,9,14-15,17H,3-6,8,10-13H2,1-2H3,(H2,19,20,22). The predicted octanol–water partition coefficient (Wildman–Crippen LogP) is 1.47. The summed E-state index contributed by atoms with van der Waals surface area (Å²) in [5.74, 6) is 2.18. The second-order valence-electron chi connectivity index (χ2n) is 7.77. The van der Waals surface area contributed by atoms with Crippen molar-refractivity contribution in [2.24, 2.45) is 23.9 Å². The molecule has 0 bridgehead atoms. The second kappa shape index (κ2) is 8.41. The highest BCUT2D eigenvalue weighted by atomic mass is 32.2. The highest BCUT2D eigenvalue weighted by Crippen LogP contribution is 2.23. The third-order valence-electron chi connectivity index (χ3n) is 5.64. The Morgan fingerprint density at radius 1 is 1.35 bits per heavy atom. The molecule has 1 aromatic heterocycles. The highest BCUT2D eigenvalue weighted by molar-refractivity contribution is 7.91. The molecule has 2 N–H and O–H groups in total. The van der Waals surface area contributed by atoms with Crippen LogP contribution in [0.5, 0.6) is 0 Å². The maximum Gasteiger partial charge on any atom is 0.191 e. The number of aromatic nitrogens is 2. The van der Waals surface area contributed by atoms with Gasteiger partial charge in [-0.15, -0.1) is 0 Å². The van der Waals surface area contributed by atoms with E-state index in [0.29, 0.717) is 30.8 Å². The SMILES string of the molecule is CC1CCCCC1NC(=NCc1ccnn1C)NCC1CCS(=O)(=O)C1. The first-order valence-electron chi connectivity index (χ1n) is 9.65. The van der Waals surface area contributed by atoms with Crippen LogP contribution in [-0.2, 0) is 23.4 Å². The molecule has 2 heterocycles. The van der Waals surface area contributed by atoms with E-state index in [1.165, 1.54) is 19.3 Å². The summed E-state index contributed by atoms with van der Waals surface area (Å²) in [4.78, 5) is 4.74. The summed E-state index contributed by atoms with van der Waals surface area (Å²) in [6.45, 7) is 3.49. The lowest BCUT2D eigenvalue weighted by atomic mass is 9.86. The molecule has 1 saturated carbocycles. The smallest absolute Gasteiger partial charge is 0.191 e. The monoisotopic (exact) mass is 381 g/mol. The molecule has 26 heavy (non-hydrogen) atoms. The Morgan fingerprint density at radius 3 is 2.81 bits per heavy atom. The molecular formula is C18H31N5O2S. The third-order valence-corrected chi connectivity index (χ3v) is 7.48. The van der Waals surface area contributed by atoms with Gasteiger partial charge in [-0.05, 0) is 37.2 Å². The van der Waals surface area contributed by atoms with E-state index in [0.717, 1.165) is 24.5 Å². The average Bonchev–Trinajstić information content (AvgIpc) is 3.16. The lowest BCUT2D eigenvalue weighted by molar-refractivity contribution is 0.306. The Morgan fingerprint density at radius 2 is 2.15 bits per heavy atom. The maximum atomic E-state index is 11.7. The third kappa shape index (κ3) is 5.22. The van der Waals surface area contributed by atoms with Crippen LogP contribution in [0.25, 0.3) is 0 Å². The van der Waals surface area contributed by atoms with Crippen LogP contribution in [0.2, 0.25) is 0 Å². The fourth-order valence-electron chi connectivity index (χ4n) is 3.85. The number of aryl methyl sites for hydroxylation is 1. The molecule has 2 aliphatic rings. The van der Waals surface area contributed by atoms with Crippen molar-refractivity contribution in [3.8, 4) is 0 Å². The number of sulfone groups is 1. The molecule has 1 aromatic rings. The van der Waals surface area contributed by atoms with Crippen LogP contribution in [0.4, 0.5) is 0 Å². The van der Waals surface area contributed by atoms with Crippen molar-refractivity contribution >= 4 is 15.8 Å². The van der Waals surface area contributed by atoms with E-state index < -0.39 is 9.84 Å². The van der Waals surface area contributed by atoms with Crippen LogP contribution in [0.15, 0.2) is 17.3 Å². The van der Waals surface area contributed by atoms with Gasteiger partial charge in [-0.2, -0.15) is 5.10 Å². The van der Waals surface area contributed by atoms with Crippen molar-refractivity contribution < 1.29 is 8.42 Å². The van der Waals surface area contributed by atoms with E-state index in [9.17, 15) is 8.42 Å². The molecule has 3 unspecified atom stereocenters. The zero-order valence-corrected chi connectivity index (χ0v) is 16.6. The Balaban J connectivity index is 1.63. The van der Waals surface area contributed by atoms with Gasteiger partial charge in [0.25, 0.3) is 0 Å². The van der Waals surface area contributed by atoms with E-state index in [2.05, 4.69) is 22.7 Å². The molecule has 0 radical (unpaired) electrons. The van der Waals surface area contributed by atoms with Crippen molar-refractivity contribution in [3.63, 3.8) is 0 Å². The quantitative estimate of drug-likeness (QED) is 0.596. The van der Waals surface area contributed by atoms with Crippen LogP contribution < -0.4 is 10.6 Å². The minimum absolute atomic E-state index is 0.174. The first-order valence-corrected chi connectivity index (χ1v) is 11.5. The first kappa shape index (κ1) is 19.2. The number of guanidine groups is 1. The zero-order chi connectivity index (χ0) is 18.6. The Bertz CT molecular complexity index is 728. The topological polar surface area (TPSA) is 88.4 Å². The summed E-state index contributed by atoms with van der Waals surface area (Å²) in [7, 11) is -0.930. The van der Waals surface area contributed by atoms with Gasteiger partial charge in [0, 0.05) is 25.8 Å². The number of hydrogen-bond donors (Lipinski definition) is 2. The number of aliphatic imine (C=N–C) groups is 1. The normalized spacial score (nSPS) is 28.8. The molecule has 3 atom stereocenters. The molecule has 8 heteroatoms. The van der Waals surface area contributed by atoms with Crippen molar-refractivity contribution in [1.82, 2.24) is 20.4 Å². The van der Waals surface area contributed by atoms with Crippen LogP contribution in [0.1, 0.15) is 44.7 Å². The number of nitrogens with one attached hydrogen (secondary N) is 2. The first-order chi connectivity index (χ1) is 12.4. The Kier molecular flexibility index (Phi) is 6.21. The molecule has 2 fully saturated rings. The molecule has 1 aliphatic heterocycles. The summed E-state index contributed by atoms with van der Waals surface area (Å²) in [5, 5.41) is 11.2. The maximum absolute atomic E-state index is 11.7. The lowest BCUT2D eigenvalue weighted by Gasteiger charge is -2.31. The summed E-state index contributed by atoms with van der Waals surface area (Å²) in [6, 6.07) is 2.39. The van der Waals surface area contributed by atoms with Crippen molar-refractivity contribution in [1.29, 1.82) is 0 Å². The molecule has 1 aliphatic carbocycles. The molecular weight excluding hydrogens is 350 g/mol. The fraction of sp³-hybridized carbons (Fsp3) is 0.778. The highest BCUT2D eigenvalue weighted by Gasteiger charge is 2.28. The van der Waals surface area contributed by atoms with E-state index in [4.69, 9.17) is 4.99 Å². The van der Waals surface area contributed by atoms with Gasteiger partial charge in [0.1, 0.15) is 0 Å². The van der Waals surface area contributed by atoms with Gasteiger partial charge < -0.3 is 10.6 Å². The Labute approximate surface area is 156 Å². The van der Waals surface area contributed by atoms with Gasteiger partial charge in [0.15, 0.2) is 15.8 Å². The number of hydrogen-bond acceptors (Lipinski definition) is 4. The van der Waals surface area contributed by atoms with Crippen molar-refractivity contribution in [2.75, 3.05) is 18.1 Å². The predicted molar refractivity (Wildman–Crippen MR) is 104 cm³/mol. The summed E-state index contributed by atoms with van der Waals surface area (Å²) < 4.78 is 25.2. The van der Waals surface area contributed by atoms with E-state index in [1.807, 2.05) is 17.8 Å². The van der Waals surface area contributed by atoms with Crippen molar-refractivity contribution in [3.05, 3.63) is 18.0 Å². The fourth-order valence-corrected chi connectivity index (χ4v) is 5.71. The largest absolute Gasteiger partial charge is 0.356 e. The van der Waals surface area contributed by atoms with E-state index >= 15 is 0 Å². The van der Waals surface area contributed by atoms with Crippen molar-refractivity contribution in [2.45, 2.75) is 51.6 Å². The average molecular weight is 382 g/mol. The van der Waals surface area contributed by atoms with Gasteiger partial charge in [0.2, 0.25) is 0 Å². The zero-order valence-electron chi connectivity index (χ0n) is 15.8. The summed E-state index contributed by atoms with van der Waals surface area (Å²) >= 11 is 0. The molecule has 0 aromatic carbocycles. The lowest BCUT2D eigenvalue weighted by Crippen LogP contribution is -2.48. The minimum atomic E-state index is -2.84. The molecule has 146 valence electrons.